The van der Waals surface area contributed by atoms with E-state index in [0.29, 0.717) is 23.4 Å². The Kier molecular flexibility index (Phi) is 4.33. The maximum Gasteiger partial charge on any atom is 0.410 e. The van der Waals surface area contributed by atoms with Crippen molar-refractivity contribution in [3.05, 3.63) is 42.0 Å². The van der Waals surface area contributed by atoms with Crippen LogP contribution in [-0.4, -0.2) is 23.8 Å². The van der Waals surface area contributed by atoms with Gasteiger partial charge in [-0.15, -0.1) is 0 Å². The second kappa shape index (κ2) is 5.83. The van der Waals surface area contributed by atoms with E-state index in [1.165, 1.54) is 4.90 Å². The Morgan fingerprint density at radius 1 is 1.40 bits per heavy atom. The molecule has 1 aliphatic carbocycles. The van der Waals surface area contributed by atoms with E-state index in [-0.39, 0.29) is 5.78 Å². The summed E-state index contributed by atoms with van der Waals surface area (Å²) in [4.78, 5) is 25.8. The van der Waals surface area contributed by atoms with Crippen LogP contribution in [0.1, 0.15) is 31.2 Å². The van der Waals surface area contributed by atoms with Crippen LogP contribution in [0.3, 0.4) is 0 Å². The molecule has 107 valence electrons. The summed E-state index contributed by atoms with van der Waals surface area (Å²) in [6, 6.07) is 7.13. The zero-order chi connectivity index (χ0) is 14.8. The summed E-state index contributed by atoms with van der Waals surface area (Å²) in [7, 11) is 4.69. The summed E-state index contributed by atoms with van der Waals surface area (Å²) in [5, 5.41) is 0.478. The number of rotatable bonds is 2. The second-order valence-electron chi connectivity index (χ2n) is 4.94. The molecule has 0 unspecified atom stereocenters. The number of nitrogens with zero attached hydrogens (tertiary/aromatic N) is 1. The number of hydrogen-bond donors (Lipinski definition) is 0. The third-order valence-corrected chi connectivity index (χ3v) is 4.27. The molecule has 1 aromatic rings. The Balaban J connectivity index is 2.58. The minimum absolute atomic E-state index is 0.00949. The molecule has 0 N–H and O–H groups in total. The van der Waals surface area contributed by atoms with E-state index in [1.54, 1.807) is 25.2 Å². The van der Waals surface area contributed by atoms with Crippen LogP contribution in [0.2, 0.25) is 5.02 Å². The number of halogens is 1. The standard InChI is InChI=1S/C15H17ClNO3/c1-17(14(19)20-2)15(10-6-5-9-13(15)18)11-7-3-4-8-12(11)16/h3-4,7-8H,2,5-6,9-10H2,1H3/t15-/m1/s1. The molecule has 0 heterocycles. The van der Waals surface area contributed by atoms with Crippen LogP contribution in [-0.2, 0) is 15.1 Å². The summed E-state index contributed by atoms with van der Waals surface area (Å²) in [5.74, 6) is -0.00949. The number of hydrogen-bond acceptors (Lipinski definition) is 3. The van der Waals surface area contributed by atoms with Crippen molar-refractivity contribution in [3.8, 4) is 0 Å². The molecule has 1 radical (unpaired) electrons. The molecule has 4 nitrogen and oxygen atoms in total. The lowest BCUT2D eigenvalue weighted by molar-refractivity contribution is -0.133. The van der Waals surface area contributed by atoms with E-state index in [9.17, 15) is 9.59 Å². The van der Waals surface area contributed by atoms with E-state index in [2.05, 4.69) is 11.8 Å². The second-order valence-corrected chi connectivity index (χ2v) is 5.35. The molecular formula is C15H17ClNO3. The zero-order valence-corrected chi connectivity index (χ0v) is 12.2. The molecule has 5 heteroatoms. The minimum atomic E-state index is -1.05. The average molecular weight is 295 g/mol. The highest BCUT2D eigenvalue weighted by Crippen LogP contribution is 2.42. The Morgan fingerprint density at radius 3 is 2.70 bits per heavy atom. The fourth-order valence-electron chi connectivity index (χ4n) is 2.88. The first-order valence-electron chi connectivity index (χ1n) is 6.52. The number of ketones is 1. The third kappa shape index (κ3) is 2.29. The van der Waals surface area contributed by atoms with Crippen molar-refractivity contribution < 1.29 is 14.3 Å². The van der Waals surface area contributed by atoms with Gasteiger partial charge in [-0.05, 0) is 25.3 Å². The Labute approximate surface area is 123 Å². The normalized spacial score (nSPS) is 22.4. The molecule has 1 atom stereocenters. The number of amides is 1. The number of Topliss-reactive ketones (excluding diaryl/α,β-unsaturated/α-hetero) is 1. The Bertz CT molecular complexity index is 532. The predicted molar refractivity (Wildman–Crippen MR) is 76.2 cm³/mol. The van der Waals surface area contributed by atoms with Crippen LogP contribution < -0.4 is 0 Å². The van der Waals surface area contributed by atoms with E-state index in [0.717, 1.165) is 12.8 Å². The molecule has 2 rings (SSSR count). The van der Waals surface area contributed by atoms with Gasteiger partial charge in [0.2, 0.25) is 0 Å². The first-order chi connectivity index (χ1) is 9.54. The maximum absolute atomic E-state index is 12.6. The van der Waals surface area contributed by atoms with Gasteiger partial charge in [0.05, 0.1) is 0 Å². The highest BCUT2D eigenvalue weighted by Gasteiger charge is 2.48. The molecule has 1 aliphatic rings. The quantitative estimate of drug-likeness (QED) is 0.838. The van der Waals surface area contributed by atoms with Gasteiger partial charge in [0.1, 0.15) is 12.6 Å². The molecule has 1 fully saturated rings. The highest BCUT2D eigenvalue weighted by molar-refractivity contribution is 6.31. The minimum Gasteiger partial charge on any atom is -0.446 e. The molecular weight excluding hydrogens is 278 g/mol. The summed E-state index contributed by atoms with van der Waals surface area (Å²) in [6.07, 6.45) is 2.02. The van der Waals surface area contributed by atoms with Crippen LogP contribution >= 0.6 is 11.6 Å². The molecule has 0 bridgehead atoms. The highest BCUT2D eigenvalue weighted by atomic mass is 35.5. The average Bonchev–Trinajstić information content (AvgIpc) is 2.47. The van der Waals surface area contributed by atoms with Gasteiger partial charge in [0, 0.05) is 24.1 Å². The number of benzene rings is 1. The van der Waals surface area contributed by atoms with E-state index < -0.39 is 11.6 Å². The summed E-state index contributed by atoms with van der Waals surface area (Å²) in [6.45, 7) is 0. The van der Waals surface area contributed by atoms with Crippen LogP contribution in [0.15, 0.2) is 24.3 Å². The van der Waals surface area contributed by atoms with Gasteiger partial charge in [0.25, 0.3) is 0 Å². The lowest BCUT2D eigenvalue weighted by atomic mass is 9.74. The van der Waals surface area contributed by atoms with Crippen molar-refractivity contribution in [2.24, 2.45) is 0 Å². The largest absolute Gasteiger partial charge is 0.446 e. The van der Waals surface area contributed by atoms with Crippen LogP contribution in [0.25, 0.3) is 0 Å². The molecule has 0 spiro atoms. The zero-order valence-electron chi connectivity index (χ0n) is 11.4. The van der Waals surface area contributed by atoms with Crippen molar-refractivity contribution in [3.63, 3.8) is 0 Å². The molecule has 1 aromatic carbocycles. The van der Waals surface area contributed by atoms with Gasteiger partial charge in [-0.25, -0.2) is 4.79 Å². The van der Waals surface area contributed by atoms with Crippen molar-refractivity contribution in [2.75, 3.05) is 7.05 Å². The van der Waals surface area contributed by atoms with Crippen LogP contribution in [0.5, 0.6) is 0 Å². The first kappa shape index (κ1) is 14.9. The van der Waals surface area contributed by atoms with Gasteiger partial charge in [0.15, 0.2) is 5.78 Å². The lowest BCUT2D eigenvalue weighted by Gasteiger charge is -2.42. The summed E-state index contributed by atoms with van der Waals surface area (Å²) >= 11 is 6.26. The molecule has 0 aliphatic heterocycles. The van der Waals surface area contributed by atoms with E-state index >= 15 is 0 Å². The molecule has 20 heavy (non-hydrogen) atoms. The van der Waals surface area contributed by atoms with E-state index in [1.807, 2.05) is 6.07 Å². The number of carbonyl (C=O) groups is 2. The van der Waals surface area contributed by atoms with Crippen molar-refractivity contribution >= 4 is 23.5 Å². The fourth-order valence-corrected chi connectivity index (χ4v) is 3.17. The van der Waals surface area contributed by atoms with Gasteiger partial charge < -0.3 is 4.74 Å². The molecule has 0 aromatic heterocycles. The van der Waals surface area contributed by atoms with Crippen molar-refractivity contribution in [1.82, 2.24) is 4.90 Å². The van der Waals surface area contributed by atoms with Crippen LogP contribution in [0, 0.1) is 7.11 Å². The lowest BCUT2D eigenvalue weighted by Crippen LogP contribution is -2.54. The molecule has 1 saturated carbocycles. The molecule has 0 saturated heterocycles. The molecule has 1 amide bonds. The van der Waals surface area contributed by atoms with Crippen molar-refractivity contribution in [2.45, 2.75) is 31.2 Å². The smallest absolute Gasteiger partial charge is 0.410 e. The SMILES string of the molecule is [CH2]OC(=O)N(C)[C@@]1(c2ccccc2Cl)CCCCC1=O. The van der Waals surface area contributed by atoms with Gasteiger partial charge >= 0.3 is 6.09 Å². The third-order valence-electron chi connectivity index (χ3n) is 3.94. The predicted octanol–water partition coefficient (Wildman–Crippen LogP) is 3.54. The number of likely N-dealkylation sites (N-methyl/N-ethyl adjacent to an activating group) is 1. The Hall–Kier alpha value is -1.55. The first-order valence-corrected chi connectivity index (χ1v) is 6.90. The fraction of sp³-hybridized carbons (Fsp3) is 0.400. The van der Waals surface area contributed by atoms with Gasteiger partial charge in [-0.1, -0.05) is 29.8 Å². The number of carbonyl (C=O) groups excluding carboxylic acids is 2. The number of ether oxygens (including phenoxy) is 1. The van der Waals surface area contributed by atoms with E-state index in [4.69, 9.17) is 11.6 Å². The van der Waals surface area contributed by atoms with Gasteiger partial charge in [-0.2, -0.15) is 0 Å². The van der Waals surface area contributed by atoms with Crippen molar-refractivity contribution in [1.29, 1.82) is 0 Å². The van der Waals surface area contributed by atoms with Crippen LogP contribution in [0.4, 0.5) is 4.79 Å². The topological polar surface area (TPSA) is 46.6 Å². The summed E-state index contributed by atoms with van der Waals surface area (Å²) < 4.78 is 4.54. The maximum atomic E-state index is 12.6. The Morgan fingerprint density at radius 2 is 2.10 bits per heavy atom. The van der Waals surface area contributed by atoms with Gasteiger partial charge in [-0.3, -0.25) is 9.69 Å². The summed E-state index contributed by atoms with van der Waals surface area (Å²) in [5.41, 5.74) is -0.398. The monoisotopic (exact) mass is 294 g/mol.